The first-order chi connectivity index (χ1) is 20.4. The van der Waals surface area contributed by atoms with Crippen LogP contribution in [0.3, 0.4) is 0 Å². The van der Waals surface area contributed by atoms with E-state index in [1.807, 2.05) is 0 Å². The Kier molecular flexibility index (Phi) is 10.1. The van der Waals surface area contributed by atoms with Gasteiger partial charge in [-0.15, -0.1) is 0 Å². The van der Waals surface area contributed by atoms with E-state index in [0.717, 1.165) is 23.9 Å². The molecule has 0 saturated heterocycles. The Morgan fingerprint density at radius 1 is 1.00 bits per heavy atom. The van der Waals surface area contributed by atoms with Crippen molar-refractivity contribution in [2.24, 2.45) is 4.99 Å². The molecule has 0 aromatic heterocycles. The summed E-state index contributed by atoms with van der Waals surface area (Å²) < 4.78 is 34.7. The Hall–Kier alpha value is -4.29. The molecule has 1 aliphatic rings. The van der Waals surface area contributed by atoms with E-state index in [9.17, 15) is 22.8 Å². The quantitative estimate of drug-likeness (QED) is 0.258. The number of rotatable bonds is 10. The minimum Gasteiger partial charge on any atom is -0.459 e. The van der Waals surface area contributed by atoms with Gasteiger partial charge in [-0.3, -0.25) is 24.7 Å². The lowest BCUT2D eigenvalue weighted by Gasteiger charge is -2.25. The first kappa shape index (κ1) is 31.6. The van der Waals surface area contributed by atoms with Crippen LogP contribution in [-0.4, -0.2) is 63.4 Å². The number of esters is 1. The smallest absolute Gasteiger partial charge is 0.326 e. The maximum Gasteiger partial charge on any atom is 0.326 e. The number of hydrogen-bond acceptors (Lipinski definition) is 8. The van der Waals surface area contributed by atoms with Crippen LogP contribution in [-0.2, 0) is 30.8 Å². The fourth-order valence-electron chi connectivity index (χ4n) is 4.42. The standard InChI is InChI=1S/C31H37N5O6S/c1-31(2,3)42-29(39)25(36-43(40,41)26-11-6-9-22-8-4-5-10-24(22)26)20-34-28(38)23-15-12-21(13-16-23)14-17-27(37)35-30-32-18-7-19-33-30/h4-6,8-13,15-16,25,36H,7,14,17-20H2,1-3H3,(H,34,38)(H2,32,33,35,37)/t25-/m0/s1. The van der Waals surface area contributed by atoms with E-state index in [2.05, 4.69) is 25.7 Å². The fourth-order valence-corrected chi connectivity index (χ4v) is 5.83. The first-order valence-electron chi connectivity index (χ1n) is 14.1. The predicted molar refractivity (Wildman–Crippen MR) is 164 cm³/mol. The number of ether oxygens (including phenoxy) is 1. The lowest BCUT2D eigenvalue weighted by Crippen LogP contribution is -2.50. The summed E-state index contributed by atoms with van der Waals surface area (Å²) in [6, 6.07) is 17.2. The monoisotopic (exact) mass is 607 g/mol. The molecule has 1 aliphatic heterocycles. The van der Waals surface area contributed by atoms with E-state index >= 15 is 0 Å². The van der Waals surface area contributed by atoms with Gasteiger partial charge >= 0.3 is 5.97 Å². The third-order valence-electron chi connectivity index (χ3n) is 6.51. The molecule has 12 heteroatoms. The first-order valence-corrected chi connectivity index (χ1v) is 15.6. The molecule has 0 saturated carbocycles. The lowest BCUT2D eigenvalue weighted by molar-refractivity contribution is -0.156. The normalized spacial score (nSPS) is 14.3. The van der Waals surface area contributed by atoms with Gasteiger partial charge in [-0.2, -0.15) is 4.72 Å². The molecule has 2 amide bonds. The molecule has 1 heterocycles. The van der Waals surface area contributed by atoms with E-state index < -0.39 is 33.5 Å². The Bertz CT molecular complexity index is 1610. The average Bonchev–Trinajstić information content (AvgIpc) is 2.97. The van der Waals surface area contributed by atoms with Crippen molar-refractivity contribution in [1.82, 2.24) is 20.7 Å². The molecular weight excluding hydrogens is 570 g/mol. The van der Waals surface area contributed by atoms with E-state index in [1.165, 1.54) is 6.07 Å². The predicted octanol–water partition coefficient (Wildman–Crippen LogP) is 2.66. The minimum atomic E-state index is -4.17. The zero-order valence-electron chi connectivity index (χ0n) is 24.5. The van der Waals surface area contributed by atoms with E-state index in [-0.39, 0.29) is 23.8 Å². The third kappa shape index (κ3) is 9.10. The molecule has 0 spiro atoms. The van der Waals surface area contributed by atoms with Crippen LogP contribution < -0.4 is 20.7 Å². The average molecular weight is 608 g/mol. The largest absolute Gasteiger partial charge is 0.459 e. The summed E-state index contributed by atoms with van der Waals surface area (Å²) in [5, 5.41) is 9.67. The molecule has 0 aliphatic carbocycles. The summed E-state index contributed by atoms with van der Waals surface area (Å²) in [7, 11) is -4.17. The number of nitrogens with zero attached hydrogens (tertiary/aromatic N) is 1. The van der Waals surface area contributed by atoms with Crippen molar-refractivity contribution < 1.29 is 27.5 Å². The second-order valence-corrected chi connectivity index (χ2v) is 12.8. The molecule has 4 rings (SSSR count). The molecule has 0 bridgehead atoms. The van der Waals surface area contributed by atoms with Crippen molar-refractivity contribution >= 4 is 44.5 Å². The zero-order chi connectivity index (χ0) is 31.0. The van der Waals surface area contributed by atoms with Gasteiger partial charge in [0.15, 0.2) is 5.96 Å². The summed E-state index contributed by atoms with van der Waals surface area (Å²) in [5.74, 6) is -0.982. The summed E-state index contributed by atoms with van der Waals surface area (Å²) in [6.07, 6.45) is 1.65. The molecule has 11 nitrogen and oxygen atoms in total. The number of fused-ring (bicyclic) bond motifs is 1. The highest BCUT2D eigenvalue weighted by atomic mass is 32.2. The Labute approximate surface area is 251 Å². The van der Waals surface area contributed by atoms with Crippen LogP contribution >= 0.6 is 0 Å². The lowest BCUT2D eigenvalue weighted by atomic mass is 10.1. The highest BCUT2D eigenvalue weighted by Crippen LogP contribution is 2.23. The fraction of sp³-hybridized carbons (Fsp3) is 0.355. The van der Waals surface area contributed by atoms with Crippen LogP contribution in [0.25, 0.3) is 10.8 Å². The molecule has 1 atom stereocenters. The van der Waals surface area contributed by atoms with Gasteiger partial charge in [-0.1, -0.05) is 48.5 Å². The second kappa shape index (κ2) is 13.8. The number of guanidine groups is 1. The van der Waals surface area contributed by atoms with Crippen LogP contribution in [0.1, 0.15) is 49.5 Å². The molecule has 4 N–H and O–H groups in total. The number of nitrogens with one attached hydrogen (secondary N) is 4. The second-order valence-electron chi connectivity index (χ2n) is 11.2. The van der Waals surface area contributed by atoms with Gasteiger partial charge in [0.2, 0.25) is 15.9 Å². The molecule has 0 fully saturated rings. The van der Waals surface area contributed by atoms with Crippen LogP contribution in [0, 0.1) is 0 Å². The highest BCUT2D eigenvalue weighted by Gasteiger charge is 2.31. The Balaban J connectivity index is 1.40. The SMILES string of the molecule is CC(C)(C)OC(=O)[C@H](CNC(=O)c1ccc(CCC(=O)NC2=NCCCN2)cc1)NS(=O)(=O)c1cccc2ccccc12. The molecule has 3 aromatic carbocycles. The van der Waals surface area contributed by atoms with Crippen LogP contribution in [0.2, 0.25) is 0 Å². The van der Waals surface area contributed by atoms with Crippen molar-refractivity contribution in [2.75, 3.05) is 19.6 Å². The number of aryl methyl sites for hydroxylation is 1. The summed E-state index contributed by atoms with van der Waals surface area (Å²) in [5.41, 5.74) is 0.297. The maximum atomic E-state index is 13.4. The molecule has 228 valence electrons. The Morgan fingerprint density at radius 3 is 2.42 bits per heavy atom. The molecular formula is C31H37N5O6S. The van der Waals surface area contributed by atoms with Gasteiger partial charge in [-0.05, 0) is 62.8 Å². The van der Waals surface area contributed by atoms with Crippen LogP contribution in [0.5, 0.6) is 0 Å². The molecule has 0 radical (unpaired) electrons. The number of sulfonamides is 1. The van der Waals surface area contributed by atoms with Crippen molar-refractivity contribution in [2.45, 2.75) is 56.6 Å². The summed E-state index contributed by atoms with van der Waals surface area (Å²) in [4.78, 5) is 42.4. The number of carbonyl (C=O) groups excluding carboxylic acids is 3. The van der Waals surface area contributed by atoms with Crippen LogP contribution in [0.4, 0.5) is 0 Å². The number of hydrogen-bond donors (Lipinski definition) is 4. The van der Waals surface area contributed by atoms with Gasteiger partial charge in [-0.25, -0.2) is 8.42 Å². The molecule has 0 unspecified atom stereocenters. The van der Waals surface area contributed by atoms with Gasteiger partial charge in [0, 0.05) is 37.0 Å². The van der Waals surface area contributed by atoms with Crippen LogP contribution in [0.15, 0.2) is 76.6 Å². The number of benzene rings is 3. The summed E-state index contributed by atoms with van der Waals surface area (Å²) in [6.45, 7) is 6.14. The topological polar surface area (TPSA) is 155 Å². The van der Waals surface area contributed by atoms with Gasteiger partial charge in [0.25, 0.3) is 5.91 Å². The van der Waals surface area contributed by atoms with Gasteiger partial charge in [0.1, 0.15) is 11.6 Å². The summed E-state index contributed by atoms with van der Waals surface area (Å²) >= 11 is 0. The molecule has 3 aromatic rings. The number of amides is 2. The minimum absolute atomic E-state index is 0.0118. The maximum absolute atomic E-state index is 13.4. The number of carbonyl (C=O) groups is 3. The van der Waals surface area contributed by atoms with Gasteiger partial charge in [0.05, 0.1) is 4.90 Å². The van der Waals surface area contributed by atoms with Crippen molar-refractivity contribution in [1.29, 1.82) is 0 Å². The number of aliphatic imine (C=N–C) groups is 1. The van der Waals surface area contributed by atoms with Crippen molar-refractivity contribution in [3.63, 3.8) is 0 Å². The van der Waals surface area contributed by atoms with E-state index in [1.54, 1.807) is 81.4 Å². The Morgan fingerprint density at radius 2 is 1.72 bits per heavy atom. The van der Waals surface area contributed by atoms with E-state index in [0.29, 0.717) is 29.9 Å². The van der Waals surface area contributed by atoms with Crippen molar-refractivity contribution in [3.05, 3.63) is 77.9 Å². The van der Waals surface area contributed by atoms with E-state index in [4.69, 9.17) is 4.74 Å². The third-order valence-corrected chi connectivity index (χ3v) is 8.04. The zero-order valence-corrected chi connectivity index (χ0v) is 25.3. The van der Waals surface area contributed by atoms with Crippen molar-refractivity contribution in [3.8, 4) is 0 Å². The molecule has 43 heavy (non-hydrogen) atoms. The highest BCUT2D eigenvalue weighted by molar-refractivity contribution is 7.89. The van der Waals surface area contributed by atoms with Gasteiger partial charge < -0.3 is 15.4 Å².